The van der Waals surface area contributed by atoms with Gasteiger partial charge in [0, 0.05) is 28.8 Å². The Morgan fingerprint density at radius 1 is 1.03 bits per heavy atom. The Balaban J connectivity index is 1.39. The summed E-state index contributed by atoms with van der Waals surface area (Å²) in [7, 11) is 0. The van der Waals surface area contributed by atoms with Crippen molar-refractivity contribution >= 4 is 28.4 Å². The third-order valence-corrected chi connectivity index (χ3v) is 5.97. The van der Waals surface area contributed by atoms with E-state index < -0.39 is 17.7 Å². The van der Waals surface area contributed by atoms with Crippen LogP contribution in [0, 0.1) is 18.8 Å². The maximum atomic E-state index is 12.7. The molecule has 3 aromatic rings. The first-order valence-electron chi connectivity index (χ1n) is 10.9. The monoisotopic (exact) mass is 433 g/mol. The SMILES string of the molecule is Cc1cc(OCc2ccc(NC(=O)[C@H]3CCCC[C@@H]3C(=O)NO)cc2)c2ccccc2n1. The van der Waals surface area contributed by atoms with Crippen LogP contribution in [0.5, 0.6) is 5.75 Å². The third kappa shape index (κ3) is 4.89. The molecule has 1 heterocycles. The predicted molar refractivity (Wildman–Crippen MR) is 121 cm³/mol. The highest BCUT2D eigenvalue weighted by Gasteiger charge is 2.35. The number of carbonyl (C=O) groups excluding carboxylic acids is 2. The van der Waals surface area contributed by atoms with Gasteiger partial charge in [-0.1, -0.05) is 37.1 Å². The van der Waals surface area contributed by atoms with E-state index in [0.29, 0.717) is 25.1 Å². The number of hydrogen-bond donors (Lipinski definition) is 3. The second-order valence-electron chi connectivity index (χ2n) is 8.23. The first kappa shape index (κ1) is 21.8. The Morgan fingerprint density at radius 2 is 1.72 bits per heavy atom. The van der Waals surface area contributed by atoms with Crippen molar-refractivity contribution in [2.45, 2.75) is 39.2 Å². The lowest BCUT2D eigenvalue weighted by Gasteiger charge is -2.28. The Morgan fingerprint density at radius 3 is 2.44 bits per heavy atom. The third-order valence-electron chi connectivity index (χ3n) is 5.97. The van der Waals surface area contributed by atoms with Gasteiger partial charge in [-0.15, -0.1) is 0 Å². The van der Waals surface area contributed by atoms with Crippen LogP contribution in [0.25, 0.3) is 10.9 Å². The number of rotatable bonds is 6. The lowest BCUT2D eigenvalue weighted by molar-refractivity contribution is -0.140. The number of fused-ring (bicyclic) bond motifs is 1. The van der Waals surface area contributed by atoms with Gasteiger partial charge in [-0.3, -0.25) is 19.8 Å². The number of hydrogen-bond acceptors (Lipinski definition) is 5. The molecule has 3 N–H and O–H groups in total. The van der Waals surface area contributed by atoms with Crippen LogP contribution in [0.2, 0.25) is 0 Å². The van der Waals surface area contributed by atoms with E-state index in [2.05, 4.69) is 10.3 Å². The molecule has 0 spiro atoms. The molecular formula is C25H27N3O4. The zero-order chi connectivity index (χ0) is 22.5. The first-order valence-corrected chi connectivity index (χ1v) is 10.9. The van der Waals surface area contributed by atoms with Crippen molar-refractivity contribution in [2.75, 3.05) is 5.32 Å². The second kappa shape index (κ2) is 9.78. The van der Waals surface area contributed by atoms with Crippen LogP contribution in [0.15, 0.2) is 54.6 Å². The zero-order valence-corrected chi connectivity index (χ0v) is 18.0. The number of amides is 2. The van der Waals surface area contributed by atoms with Crippen molar-refractivity contribution in [3.8, 4) is 5.75 Å². The molecule has 0 saturated heterocycles. The summed E-state index contributed by atoms with van der Waals surface area (Å²) in [6, 6.07) is 17.3. The van der Waals surface area contributed by atoms with Crippen molar-refractivity contribution in [3.63, 3.8) is 0 Å². The molecule has 2 aromatic carbocycles. The Bertz CT molecular complexity index is 1110. The molecule has 0 aliphatic heterocycles. The largest absolute Gasteiger partial charge is 0.488 e. The number of para-hydroxylation sites is 1. The minimum absolute atomic E-state index is 0.193. The summed E-state index contributed by atoms with van der Waals surface area (Å²) in [4.78, 5) is 29.2. The first-order chi connectivity index (χ1) is 15.5. The molecular weight excluding hydrogens is 406 g/mol. The molecule has 1 saturated carbocycles. The molecule has 1 fully saturated rings. The fourth-order valence-electron chi connectivity index (χ4n) is 4.31. The minimum Gasteiger partial charge on any atom is -0.488 e. The van der Waals surface area contributed by atoms with Crippen molar-refractivity contribution in [1.29, 1.82) is 0 Å². The van der Waals surface area contributed by atoms with Gasteiger partial charge in [0.15, 0.2) is 0 Å². The van der Waals surface area contributed by atoms with Crippen LogP contribution < -0.4 is 15.5 Å². The highest BCUT2D eigenvalue weighted by atomic mass is 16.5. The summed E-state index contributed by atoms with van der Waals surface area (Å²) in [6.45, 7) is 2.33. The fourth-order valence-corrected chi connectivity index (χ4v) is 4.31. The number of hydroxylamine groups is 1. The van der Waals surface area contributed by atoms with Gasteiger partial charge in [-0.2, -0.15) is 0 Å². The summed E-state index contributed by atoms with van der Waals surface area (Å²) in [6.07, 6.45) is 3.01. The Labute approximate surface area is 186 Å². The molecule has 7 heteroatoms. The lowest BCUT2D eigenvalue weighted by atomic mass is 9.78. The van der Waals surface area contributed by atoms with Crippen LogP contribution in [0.4, 0.5) is 5.69 Å². The van der Waals surface area contributed by atoms with Crippen LogP contribution in [0.3, 0.4) is 0 Å². The number of carbonyl (C=O) groups is 2. The van der Waals surface area contributed by atoms with Gasteiger partial charge in [-0.25, -0.2) is 5.48 Å². The number of anilines is 1. The van der Waals surface area contributed by atoms with E-state index in [4.69, 9.17) is 9.94 Å². The van der Waals surface area contributed by atoms with E-state index in [1.165, 1.54) is 0 Å². The lowest BCUT2D eigenvalue weighted by Crippen LogP contribution is -2.40. The number of benzene rings is 2. The van der Waals surface area contributed by atoms with Gasteiger partial charge in [0.25, 0.3) is 0 Å². The smallest absolute Gasteiger partial charge is 0.247 e. The van der Waals surface area contributed by atoms with E-state index in [0.717, 1.165) is 40.8 Å². The van der Waals surface area contributed by atoms with E-state index in [1.807, 2.05) is 61.5 Å². The van der Waals surface area contributed by atoms with Crippen molar-refractivity contribution in [3.05, 3.63) is 65.9 Å². The summed E-state index contributed by atoms with van der Waals surface area (Å²) in [5, 5.41) is 12.8. The van der Waals surface area contributed by atoms with Gasteiger partial charge >= 0.3 is 0 Å². The molecule has 0 radical (unpaired) electrons. The zero-order valence-electron chi connectivity index (χ0n) is 18.0. The van der Waals surface area contributed by atoms with Crippen LogP contribution in [-0.4, -0.2) is 22.0 Å². The van der Waals surface area contributed by atoms with Gasteiger partial charge in [0.1, 0.15) is 12.4 Å². The highest BCUT2D eigenvalue weighted by molar-refractivity contribution is 5.96. The van der Waals surface area contributed by atoms with Crippen LogP contribution >= 0.6 is 0 Å². The fraction of sp³-hybridized carbons (Fsp3) is 0.320. The molecule has 1 aromatic heterocycles. The molecule has 2 atom stereocenters. The highest BCUT2D eigenvalue weighted by Crippen LogP contribution is 2.31. The molecule has 0 bridgehead atoms. The molecule has 7 nitrogen and oxygen atoms in total. The number of aryl methyl sites for hydroxylation is 1. The second-order valence-corrected chi connectivity index (χ2v) is 8.23. The summed E-state index contributed by atoms with van der Waals surface area (Å²) in [5.74, 6) is -0.838. The average Bonchev–Trinajstić information content (AvgIpc) is 2.82. The van der Waals surface area contributed by atoms with E-state index >= 15 is 0 Å². The number of nitrogens with zero attached hydrogens (tertiary/aromatic N) is 1. The number of nitrogens with one attached hydrogen (secondary N) is 2. The number of ether oxygens (including phenoxy) is 1. The molecule has 1 aliphatic carbocycles. The van der Waals surface area contributed by atoms with Crippen molar-refractivity contribution < 1.29 is 19.5 Å². The number of aromatic nitrogens is 1. The Kier molecular flexibility index (Phi) is 6.66. The molecule has 0 unspecified atom stereocenters. The van der Waals surface area contributed by atoms with Crippen LogP contribution in [0.1, 0.15) is 36.9 Å². The topological polar surface area (TPSA) is 101 Å². The molecule has 166 valence electrons. The normalized spacial score (nSPS) is 18.2. The summed E-state index contributed by atoms with van der Waals surface area (Å²) in [5.41, 5.74) is 5.13. The summed E-state index contributed by atoms with van der Waals surface area (Å²) < 4.78 is 6.06. The maximum absolute atomic E-state index is 12.7. The quantitative estimate of drug-likeness (QED) is 0.396. The van der Waals surface area contributed by atoms with Crippen molar-refractivity contribution in [1.82, 2.24) is 10.5 Å². The molecule has 1 aliphatic rings. The molecule has 2 amide bonds. The van der Waals surface area contributed by atoms with E-state index in [1.54, 1.807) is 5.48 Å². The van der Waals surface area contributed by atoms with E-state index in [-0.39, 0.29) is 5.91 Å². The molecule has 32 heavy (non-hydrogen) atoms. The number of pyridine rings is 1. The predicted octanol–water partition coefficient (Wildman–Crippen LogP) is 4.37. The average molecular weight is 434 g/mol. The van der Waals surface area contributed by atoms with Crippen LogP contribution in [-0.2, 0) is 16.2 Å². The summed E-state index contributed by atoms with van der Waals surface area (Å²) >= 11 is 0. The van der Waals surface area contributed by atoms with E-state index in [9.17, 15) is 9.59 Å². The minimum atomic E-state index is -0.500. The van der Waals surface area contributed by atoms with Crippen molar-refractivity contribution in [2.24, 2.45) is 11.8 Å². The van der Waals surface area contributed by atoms with Gasteiger partial charge in [0.2, 0.25) is 11.8 Å². The van der Waals surface area contributed by atoms with Gasteiger partial charge in [-0.05, 0) is 49.6 Å². The van der Waals surface area contributed by atoms with Gasteiger partial charge < -0.3 is 10.1 Å². The molecule has 4 rings (SSSR count). The Hall–Kier alpha value is -3.45. The van der Waals surface area contributed by atoms with Gasteiger partial charge in [0.05, 0.1) is 11.4 Å². The standard InChI is InChI=1S/C25H27N3O4/c1-16-14-23(21-8-4-5-9-22(21)26-16)32-15-17-10-12-18(13-11-17)27-24(29)19-6-2-3-7-20(19)25(30)28-31/h4-5,8-14,19-20,31H,2-3,6-7,15H2,1H3,(H,27,29)(H,28,30)/t19-,20-/m0/s1. The maximum Gasteiger partial charge on any atom is 0.247 e.